The molecule has 148 valence electrons. The SMILES string of the molecule is Cc1cc(C)c(C(=O)Nc2ccccc2)c(SCC(=O)Nc2ccccc2C)n1. The molecule has 1 aromatic heterocycles. The third-order valence-corrected chi connectivity index (χ3v) is 5.30. The summed E-state index contributed by atoms with van der Waals surface area (Å²) in [4.78, 5) is 29.8. The monoisotopic (exact) mass is 405 g/mol. The van der Waals surface area contributed by atoms with Crippen LogP contribution in [0.15, 0.2) is 65.7 Å². The van der Waals surface area contributed by atoms with Crippen LogP contribution in [0.3, 0.4) is 0 Å². The Morgan fingerprint density at radius 1 is 0.897 bits per heavy atom. The molecule has 0 fully saturated rings. The van der Waals surface area contributed by atoms with E-state index in [0.29, 0.717) is 16.3 Å². The molecule has 0 unspecified atom stereocenters. The largest absolute Gasteiger partial charge is 0.325 e. The van der Waals surface area contributed by atoms with E-state index in [9.17, 15) is 9.59 Å². The van der Waals surface area contributed by atoms with Gasteiger partial charge in [0.05, 0.1) is 11.3 Å². The fraction of sp³-hybridized carbons (Fsp3) is 0.174. The number of aromatic nitrogens is 1. The van der Waals surface area contributed by atoms with Gasteiger partial charge in [-0.3, -0.25) is 9.59 Å². The van der Waals surface area contributed by atoms with Gasteiger partial charge in [0, 0.05) is 17.1 Å². The maximum atomic E-state index is 12.9. The lowest BCUT2D eigenvalue weighted by Crippen LogP contribution is -2.18. The van der Waals surface area contributed by atoms with Gasteiger partial charge in [-0.15, -0.1) is 0 Å². The van der Waals surface area contributed by atoms with Gasteiger partial charge >= 0.3 is 0 Å². The Hall–Kier alpha value is -3.12. The van der Waals surface area contributed by atoms with Crippen LogP contribution in [0.5, 0.6) is 0 Å². The Kier molecular flexibility index (Phi) is 6.67. The molecule has 0 radical (unpaired) electrons. The van der Waals surface area contributed by atoms with E-state index < -0.39 is 0 Å². The van der Waals surface area contributed by atoms with Crippen molar-refractivity contribution in [3.05, 3.63) is 83.0 Å². The smallest absolute Gasteiger partial charge is 0.258 e. The zero-order valence-electron chi connectivity index (χ0n) is 16.7. The Morgan fingerprint density at radius 2 is 1.59 bits per heavy atom. The average Bonchev–Trinajstić information content (AvgIpc) is 2.68. The van der Waals surface area contributed by atoms with Crippen LogP contribution in [-0.4, -0.2) is 22.6 Å². The van der Waals surface area contributed by atoms with Gasteiger partial charge in [-0.1, -0.05) is 48.2 Å². The number of pyridine rings is 1. The van der Waals surface area contributed by atoms with E-state index in [0.717, 1.165) is 22.5 Å². The van der Waals surface area contributed by atoms with Gasteiger partial charge in [0.2, 0.25) is 5.91 Å². The van der Waals surface area contributed by atoms with Crippen LogP contribution in [-0.2, 0) is 4.79 Å². The fourth-order valence-electron chi connectivity index (χ4n) is 2.93. The molecule has 0 aliphatic carbocycles. The number of carbonyl (C=O) groups excluding carboxylic acids is 2. The van der Waals surface area contributed by atoms with Crippen LogP contribution in [0.1, 0.15) is 27.2 Å². The lowest BCUT2D eigenvalue weighted by Gasteiger charge is -2.13. The van der Waals surface area contributed by atoms with E-state index in [1.807, 2.05) is 81.4 Å². The van der Waals surface area contributed by atoms with E-state index in [1.165, 1.54) is 11.8 Å². The zero-order chi connectivity index (χ0) is 20.8. The zero-order valence-corrected chi connectivity index (χ0v) is 17.5. The highest BCUT2D eigenvalue weighted by molar-refractivity contribution is 8.00. The van der Waals surface area contributed by atoms with E-state index in [4.69, 9.17) is 0 Å². The molecule has 0 aliphatic heterocycles. The summed E-state index contributed by atoms with van der Waals surface area (Å²) in [6.45, 7) is 5.70. The number of anilines is 2. The first-order valence-electron chi connectivity index (χ1n) is 9.27. The number of benzene rings is 2. The molecular formula is C23H23N3O2S. The van der Waals surface area contributed by atoms with Crippen molar-refractivity contribution in [2.75, 3.05) is 16.4 Å². The van der Waals surface area contributed by atoms with Gasteiger partial charge in [0.1, 0.15) is 5.03 Å². The second-order valence-corrected chi connectivity index (χ2v) is 7.70. The quantitative estimate of drug-likeness (QED) is 0.567. The highest BCUT2D eigenvalue weighted by Gasteiger charge is 2.18. The summed E-state index contributed by atoms with van der Waals surface area (Å²) in [6, 6.07) is 18.8. The number of carbonyl (C=O) groups is 2. The van der Waals surface area contributed by atoms with Gasteiger partial charge in [0.25, 0.3) is 5.91 Å². The van der Waals surface area contributed by atoms with Crippen molar-refractivity contribution in [3.8, 4) is 0 Å². The minimum atomic E-state index is -0.233. The Labute approximate surface area is 175 Å². The Morgan fingerprint density at radius 3 is 2.31 bits per heavy atom. The average molecular weight is 406 g/mol. The maximum Gasteiger partial charge on any atom is 0.258 e. The Balaban J connectivity index is 1.75. The van der Waals surface area contributed by atoms with Gasteiger partial charge in [-0.2, -0.15) is 0 Å². The van der Waals surface area contributed by atoms with Crippen molar-refractivity contribution in [1.82, 2.24) is 4.98 Å². The molecule has 0 aliphatic rings. The summed E-state index contributed by atoms with van der Waals surface area (Å²) in [6.07, 6.45) is 0. The lowest BCUT2D eigenvalue weighted by molar-refractivity contribution is -0.113. The number of hydrogen-bond acceptors (Lipinski definition) is 4. The molecule has 0 bridgehead atoms. The molecule has 0 spiro atoms. The van der Waals surface area contributed by atoms with Crippen molar-refractivity contribution in [2.24, 2.45) is 0 Å². The van der Waals surface area contributed by atoms with E-state index >= 15 is 0 Å². The number of hydrogen-bond donors (Lipinski definition) is 2. The molecule has 2 aromatic carbocycles. The maximum absolute atomic E-state index is 12.9. The standard InChI is InChI=1S/C23H23N3O2S/c1-15-9-7-8-12-19(15)26-20(27)14-29-23-21(16(2)13-17(3)24-23)22(28)25-18-10-5-4-6-11-18/h4-13H,14H2,1-3H3,(H,25,28)(H,26,27). The van der Waals surface area contributed by atoms with Crippen LogP contribution in [0, 0.1) is 20.8 Å². The third kappa shape index (κ3) is 5.45. The summed E-state index contributed by atoms with van der Waals surface area (Å²) in [5, 5.41) is 6.36. The van der Waals surface area contributed by atoms with Gasteiger partial charge in [0.15, 0.2) is 0 Å². The van der Waals surface area contributed by atoms with Crippen molar-refractivity contribution in [1.29, 1.82) is 0 Å². The van der Waals surface area contributed by atoms with Gasteiger partial charge < -0.3 is 10.6 Å². The summed E-state index contributed by atoms with van der Waals surface area (Å²) in [7, 11) is 0. The van der Waals surface area contributed by atoms with Gasteiger partial charge in [-0.25, -0.2) is 4.98 Å². The second-order valence-electron chi connectivity index (χ2n) is 6.73. The molecule has 1 heterocycles. The summed E-state index contributed by atoms with van der Waals surface area (Å²) >= 11 is 1.26. The number of rotatable bonds is 6. The first-order chi connectivity index (χ1) is 13.9. The number of amides is 2. The molecule has 5 nitrogen and oxygen atoms in total. The minimum absolute atomic E-state index is 0.139. The molecule has 2 amide bonds. The number of nitrogens with zero attached hydrogens (tertiary/aromatic N) is 1. The van der Waals surface area contributed by atoms with Crippen LogP contribution >= 0.6 is 11.8 Å². The normalized spacial score (nSPS) is 10.4. The number of nitrogens with one attached hydrogen (secondary N) is 2. The van der Waals surface area contributed by atoms with E-state index in [1.54, 1.807) is 0 Å². The predicted octanol–water partition coefficient (Wildman–Crippen LogP) is 4.99. The van der Waals surface area contributed by atoms with Crippen LogP contribution in [0.4, 0.5) is 11.4 Å². The predicted molar refractivity (Wildman–Crippen MR) is 119 cm³/mol. The Bertz CT molecular complexity index is 1040. The lowest BCUT2D eigenvalue weighted by atomic mass is 10.1. The first-order valence-corrected chi connectivity index (χ1v) is 10.3. The van der Waals surface area contributed by atoms with Crippen LogP contribution in [0.2, 0.25) is 0 Å². The highest BCUT2D eigenvalue weighted by Crippen LogP contribution is 2.26. The van der Waals surface area contributed by atoms with Crippen molar-refractivity contribution < 1.29 is 9.59 Å². The third-order valence-electron chi connectivity index (χ3n) is 4.33. The number of aryl methyl sites for hydroxylation is 3. The highest BCUT2D eigenvalue weighted by atomic mass is 32.2. The molecule has 0 saturated carbocycles. The second kappa shape index (κ2) is 9.39. The van der Waals surface area contributed by atoms with E-state index in [-0.39, 0.29) is 17.6 Å². The van der Waals surface area contributed by atoms with Crippen LogP contribution < -0.4 is 10.6 Å². The topological polar surface area (TPSA) is 71.1 Å². The molecule has 0 saturated heterocycles. The summed E-state index contributed by atoms with van der Waals surface area (Å²) < 4.78 is 0. The summed E-state index contributed by atoms with van der Waals surface area (Å²) in [5.74, 6) is -0.210. The first kappa shape index (κ1) is 20.6. The molecule has 6 heteroatoms. The molecule has 0 atom stereocenters. The fourth-order valence-corrected chi connectivity index (χ4v) is 3.88. The minimum Gasteiger partial charge on any atom is -0.325 e. The van der Waals surface area contributed by atoms with Crippen molar-refractivity contribution in [3.63, 3.8) is 0 Å². The van der Waals surface area contributed by atoms with Gasteiger partial charge in [-0.05, 0) is 56.2 Å². The number of thioether (sulfide) groups is 1. The van der Waals surface area contributed by atoms with E-state index in [2.05, 4.69) is 15.6 Å². The molecule has 3 rings (SSSR count). The van der Waals surface area contributed by atoms with Crippen LogP contribution in [0.25, 0.3) is 0 Å². The summed E-state index contributed by atoms with van der Waals surface area (Å²) in [5.41, 5.74) is 4.62. The number of para-hydroxylation sites is 2. The molecule has 3 aromatic rings. The van der Waals surface area contributed by atoms with Crippen molar-refractivity contribution >= 4 is 35.0 Å². The molecular weight excluding hydrogens is 382 g/mol. The van der Waals surface area contributed by atoms with Crippen molar-refractivity contribution in [2.45, 2.75) is 25.8 Å². The molecule has 29 heavy (non-hydrogen) atoms. The molecule has 2 N–H and O–H groups in total.